The Morgan fingerprint density at radius 1 is 1.18 bits per heavy atom. The monoisotopic (exact) mass is 477 g/mol. The molecule has 0 fully saturated rings. The van der Waals surface area contributed by atoms with Crippen LogP contribution in [0.4, 0.5) is 4.79 Å². The Kier molecular flexibility index (Phi) is 6.37. The molecule has 0 spiro atoms. The van der Waals surface area contributed by atoms with Crippen molar-refractivity contribution in [3.05, 3.63) is 92.2 Å². The van der Waals surface area contributed by atoms with Gasteiger partial charge in [0.15, 0.2) is 5.75 Å². The van der Waals surface area contributed by atoms with Crippen molar-refractivity contribution in [1.82, 2.24) is 14.9 Å². The summed E-state index contributed by atoms with van der Waals surface area (Å²) in [5.74, 6) is -0.684. The number of nitrogens with two attached hydrogens (primary N) is 1. The summed E-state index contributed by atoms with van der Waals surface area (Å²) in [6, 6.07) is 11.4. The number of benzene rings is 2. The summed E-state index contributed by atoms with van der Waals surface area (Å²) < 4.78 is 6.38. The lowest BCUT2D eigenvalue weighted by atomic mass is 10.1. The predicted molar refractivity (Wildman–Crippen MR) is 127 cm³/mol. The van der Waals surface area contributed by atoms with Crippen LogP contribution in [0.2, 0.25) is 0 Å². The van der Waals surface area contributed by atoms with Crippen molar-refractivity contribution in [2.45, 2.75) is 13.1 Å². The van der Waals surface area contributed by atoms with Crippen molar-refractivity contribution in [2.75, 3.05) is 0 Å². The normalized spacial score (nSPS) is 10.7. The average molecular weight is 478 g/mol. The van der Waals surface area contributed by atoms with Gasteiger partial charge >= 0.3 is 6.16 Å². The molecule has 2 aromatic carbocycles. The zero-order valence-electron chi connectivity index (χ0n) is 17.6. The van der Waals surface area contributed by atoms with Crippen molar-refractivity contribution in [2.24, 2.45) is 5.73 Å². The van der Waals surface area contributed by atoms with Gasteiger partial charge in [0.2, 0.25) is 5.43 Å². The van der Waals surface area contributed by atoms with E-state index in [4.69, 9.17) is 16.2 Å². The third-order valence-electron chi connectivity index (χ3n) is 5.01. The van der Waals surface area contributed by atoms with Gasteiger partial charge in [0.05, 0.1) is 18.3 Å². The van der Waals surface area contributed by atoms with Gasteiger partial charge in [0, 0.05) is 34.6 Å². The molecule has 5 N–H and O–H groups in total. The lowest BCUT2D eigenvalue weighted by Crippen LogP contribution is -2.23. The number of thiazole rings is 1. The molecule has 2 heterocycles. The van der Waals surface area contributed by atoms with Crippen molar-refractivity contribution >= 4 is 40.1 Å². The van der Waals surface area contributed by atoms with E-state index in [1.54, 1.807) is 53.2 Å². The van der Waals surface area contributed by atoms with Gasteiger partial charge in [-0.15, -0.1) is 11.3 Å². The van der Waals surface area contributed by atoms with Crippen LogP contribution in [0.3, 0.4) is 0 Å². The third kappa shape index (κ3) is 4.94. The van der Waals surface area contributed by atoms with Crippen LogP contribution in [0, 0.1) is 5.41 Å². The van der Waals surface area contributed by atoms with Gasteiger partial charge in [0.1, 0.15) is 10.8 Å². The molecular weight excluding hydrogens is 458 g/mol. The number of ether oxygens (including phenoxy) is 1. The molecule has 172 valence electrons. The lowest BCUT2D eigenvalue weighted by Gasteiger charge is -2.13. The average Bonchev–Trinajstić information content (AvgIpc) is 3.33. The number of hydrogen-bond acceptors (Lipinski definition) is 7. The number of nitrogens with one attached hydrogen (secondary N) is 2. The first kappa shape index (κ1) is 22.7. The third-order valence-corrected chi connectivity index (χ3v) is 5.77. The molecule has 2 aromatic heterocycles. The second kappa shape index (κ2) is 9.55. The summed E-state index contributed by atoms with van der Waals surface area (Å²) in [6.07, 6.45) is 1.43. The van der Waals surface area contributed by atoms with Crippen molar-refractivity contribution in [3.8, 4) is 5.75 Å². The molecule has 11 heteroatoms. The van der Waals surface area contributed by atoms with E-state index in [1.807, 2.05) is 5.38 Å². The number of amidine groups is 1. The van der Waals surface area contributed by atoms with Gasteiger partial charge in [-0.2, -0.15) is 0 Å². The molecule has 4 aromatic rings. The maximum absolute atomic E-state index is 12.7. The number of nitrogen functional groups attached to an aromatic ring is 1. The first-order chi connectivity index (χ1) is 16.3. The summed E-state index contributed by atoms with van der Waals surface area (Å²) in [7, 11) is 0. The van der Waals surface area contributed by atoms with Gasteiger partial charge in [-0.05, 0) is 29.8 Å². The summed E-state index contributed by atoms with van der Waals surface area (Å²) >= 11 is 1.42. The number of aromatic nitrogens is 2. The van der Waals surface area contributed by atoms with Crippen LogP contribution in [-0.4, -0.2) is 32.6 Å². The standard InChI is InChI=1S/C23H19N5O5S/c24-21(25)14-2-4-15(5-3-14)22(30)27-10-13-1-6-16-17(9-13)28(12-19-26-7-8-34-19)11-18(20(16)29)33-23(31)32/h1-9,11H,10,12H2,(H3,24,25)(H,27,30)(H,31,32). The van der Waals surface area contributed by atoms with E-state index < -0.39 is 11.6 Å². The molecule has 0 radical (unpaired) electrons. The predicted octanol–water partition coefficient (Wildman–Crippen LogP) is 2.78. The molecular formula is C23H19N5O5S. The van der Waals surface area contributed by atoms with E-state index in [2.05, 4.69) is 15.0 Å². The van der Waals surface area contributed by atoms with E-state index in [0.717, 1.165) is 10.6 Å². The number of rotatable bonds is 7. The van der Waals surface area contributed by atoms with E-state index in [-0.39, 0.29) is 29.4 Å². The smallest absolute Gasteiger partial charge is 0.449 e. The van der Waals surface area contributed by atoms with Crippen LogP contribution < -0.4 is 21.2 Å². The summed E-state index contributed by atoms with van der Waals surface area (Å²) in [4.78, 5) is 40.5. The number of fused-ring (bicyclic) bond motifs is 1. The Labute approximate surface area is 196 Å². The number of pyridine rings is 1. The minimum absolute atomic E-state index is 0.0798. The quantitative estimate of drug-likeness (QED) is 0.181. The Balaban J connectivity index is 1.62. The maximum atomic E-state index is 12.7. The van der Waals surface area contributed by atoms with Crippen molar-refractivity contribution in [1.29, 1.82) is 5.41 Å². The second-order valence-corrected chi connectivity index (χ2v) is 8.25. The fourth-order valence-corrected chi connectivity index (χ4v) is 3.99. The Morgan fingerprint density at radius 2 is 1.91 bits per heavy atom. The molecule has 4 rings (SSSR count). The topological polar surface area (TPSA) is 160 Å². The Bertz CT molecular complexity index is 1450. The van der Waals surface area contributed by atoms with Crippen LogP contribution in [-0.2, 0) is 13.1 Å². The SMILES string of the molecule is N=C(N)c1ccc(C(=O)NCc2ccc3c(=O)c(OC(=O)O)cn(Cc4nccs4)c3c2)cc1. The van der Waals surface area contributed by atoms with Crippen LogP contribution in [0.1, 0.15) is 26.5 Å². The molecule has 0 atom stereocenters. The van der Waals surface area contributed by atoms with E-state index in [1.165, 1.54) is 17.5 Å². The molecule has 1 amide bonds. The van der Waals surface area contributed by atoms with Crippen LogP contribution in [0.25, 0.3) is 10.9 Å². The lowest BCUT2D eigenvalue weighted by molar-refractivity contribution is 0.0950. The van der Waals surface area contributed by atoms with Gasteiger partial charge in [0.25, 0.3) is 5.91 Å². The number of carbonyl (C=O) groups is 2. The highest BCUT2D eigenvalue weighted by Gasteiger charge is 2.15. The fraction of sp³-hybridized carbons (Fsp3) is 0.0870. The van der Waals surface area contributed by atoms with Crippen LogP contribution in [0.5, 0.6) is 5.75 Å². The molecule has 34 heavy (non-hydrogen) atoms. The minimum Gasteiger partial charge on any atom is -0.449 e. The van der Waals surface area contributed by atoms with Crippen LogP contribution >= 0.6 is 11.3 Å². The number of nitrogens with zero attached hydrogens (tertiary/aromatic N) is 2. The number of amides is 1. The summed E-state index contributed by atoms with van der Waals surface area (Å²) in [5.41, 5.74) is 7.12. The summed E-state index contributed by atoms with van der Waals surface area (Å²) in [6.45, 7) is 0.505. The minimum atomic E-state index is -1.58. The molecule has 0 unspecified atom stereocenters. The number of carboxylic acid groups (broad SMARTS) is 1. The number of hydrogen-bond donors (Lipinski definition) is 4. The zero-order chi connectivity index (χ0) is 24.2. The summed E-state index contributed by atoms with van der Waals surface area (Å²) in [5, 5.41) is 22.1. The Hall–Kier alpha value is -4.51. The highest BCUT2D eigenvalue weighted by Crippen LogP contribution is 2.20. The second-order valence-electron chi connectivity index (χ2n) is 7.27. The highest BCUT2D eigenvalue weighted by atomic mass is 32.1. The van der Waals surface area contributed by atoms with Gasteiger partial charge < -0.3 is 25.5 Å². The van der Waals surface area contributed by atoms with Crippen LogP contribution in [0.15, 0.2) is 65.0 Å². The maximum Gasteiger partial charge on any atom is 0.511 e. The molecule has 0 aliphatic rings. The molecule has 0 saturated heterocycles. The molecule has 0 saturated carbocycles. The van der Waals surface area contributed by atoms with Gasteiger partial charge in [-0.1, -0.05) is 18.2 Å². The zero-order valence-corrected chi connectivity index (χ0v) is 18.5. The first-order valence-corrected chi connectivity index (χ1v) is 10.9. The van der Waals surface area contributed by atoms with E-state index in [0.29, 0.717) is 23.2 Å². The molecule has 0 bridgehead atoms. The van der Waals surface area contributed by atoms with Gasteiger partial charge in [-0.3, -0.25) is 15.0 Å². The van der Waals surface area contributed by atoms with Gasteiger partial charge in [-0.25, -0.2) is 9.78 Å². The highest BCUT2D eigenvalue weighted by molar-refractivity contribution is 7.09. The first-order valence-electron chi connectivity index (χ1n) is 9.99. The van der Waals surface area contributed by atoms with Crippen molar-refractivity contribution < 1.29 is 19.4 Å². The molecule has 10 nitrogen and oxygen atoms in total. The van der Waals surface area contributed by atoms with Crippen molar-refractivity contribution in [3.63, 3.8) is 0 Å². The number of carbonyl (C=O) groups excluding carboxylic acids is 1. The molecule has 0 aliphatic heterocycles. The van der Waals surface area contributed by atoms with E-state index >= 15 is 0 Å². The Morgan fingerprint density at radius 3 is 2.56 bits per heavy atom. The fourth-order valence-electron chi connectivity index (χ4n) is 3.38. The molecule has 0 aliphatic carbocycles. The van der Waals surface area contributed by atoms with E-state index in [9.17, 15) is 14.4 Å². The largest absolute Gasteiger partial charge is 0.511 e.